The lowest BCUT2D eigenvalue weighted by molar-refractivity contribution is 0.0949. The molecule has 1 saturated carbocycles. The minimum atomic E-state index is 0.00588. The van der Waals surface area contributed by atoms with Gasteiger partial charge >= 0.3 is 0 Å². The summed E-state index contributed by atoms with van der Waals surface area (Å²) in [6, 6.07) is 5.94. The number of carbonyl (C=O) groups is 1. The standard InChI is InChI=1S/C11H11Br2NO/c1-6-2-10(6)14-11(15)7-3-8(12)5-9(13)4-7/h3-6,10H,2H2,1H3,(H,14,15). The largest absolute Gasteiger partial charge is 0.349 e. The van der Waals surface area contributed by atoms with Gasteiger partial charge in [-0.1, -0.05) is 38.8 Å². The van der Waals surface area contributed by atoms with Gasteiger partial charge in [0.15, 0.2) is 0 Å². The molecule has 2 rings (SSSR count). The summed E-state index contributed by atoms with van der Waals surface area (Å²) in [7, 11) is 0. The Hall–Kier alpha value is -0.350. The number of hydrogen-bond acceptors (Lipinski definition) is 1. The van der Waals surface area contributed by atoms with Crippen LogP contribution in [0.5, 0.6) is 0 Å². The van der Waals surface area contributed by atoms with Crippen LogP contribution in [-0.2, 0) is 0 Å². The molecule has 4 heteroatoms. The maximum atomic E-state index is 11.8. The fourth-order valence-corrected chi connectivity index (χ4v) is 2.75. The van der Waals surface area contributed by atoms with Gasteiger partial charge in [-0.15, -0.1) is 0 Å². The molecule has 0 saturated heterocycles. The Morgan fingerprint density at radius 2 is 1.87 bits per heavy atom. The summed E-state index contributed by atoms with van der Waals surface area (Å²) in [4.78, 5) is 11.8. The van der Waals surface area contributed by atoms with Crippen LogP contribution in [0.3, 0.4) is 0 Å². The highest BCUT2D eigenvalue weighted by molar-refractivity contribution is 9.11. The van der Waals surface area contributed by atoms with Crippen molar-refractivity contribution in [3.05, 3.63) is 32.7 Å². The number of halogens is 2. The van der Waals surface area contributed by atoms with E-state index >= 15 is 0 Å². The molecule has 2 nitrogen and oxygen atoms in total. The van der Waals surface area contributed by atoms with E-state index in [2.05, 4.69) is 44.1 Å². The molecule has 2 unspecified atom stereocenters. The van der Waals surface area contributed by atoms with E-state index in [1.807, 2.05) is 18.2 Å². The normalized spacial score (nSPS) is 23.7. The second kappa shape index (κ2) is 4.26. The van der Waals surface area contributed by atoms with Crippen molar-refractivity contribution in [2.75, 3.05) is 0 Å². The number of rotatable bonds is 2. The second-order valence-corrected chi connectivity index (χ2v) is 5.78. The van der Waals surface area contributed by atoms with Crippen LogP contribution in [-0.4, -0.2) is 11.9 Å². The van der Waals surface area contributed by atoms with Crippen molar-refractivity contribution in [3.8, 4) is 0 Å². The zero-order chi connectivity index (χ0) is 11.0. The second-order valence-electron chi connectivity index (χ2n) is 3.95. The van der Waals surface area contributed by atoms with E-state index in [4.69, 9.17) is 0 Å². The predicted molar refractivity (Wildman–Crippen MR) is 66.9 cm³/mol. The van der Waals surface area contributed by atoms with Gasteiger partial charge in [-0.05, 0) is 30.5 Å². The molecule has 0 radical (unpaired) electrons. The van der Waals surface area contributed by atoms with Gasteiger partial charge in [-0.25, -0.2) is 0 Å². The molecule has 15 heavy (non-hydrogen) atoms. The van der Waals surface area contributed by atoms with Gasteiger partial charge in [0, 0.05) is 20.6 Å². The lowest BCUT2D eigenvalue weighted by Gasteiger charge is -2.05. The monoisotopic (exact) mass is 331 g/mol. The fourth-order valence-electron chi connectivity index (χ4n) is 1.46. The smallest absolute Gasteiger partial charge is 0.251 e. The summed E-state index contributed by atoms with van der Waals surface area (Å²) < 4.78 is 1.82. The first kappa shape index (κ1) is 11.1. The Morgan fingerprint density at radius 1 is 1.33 bits per heavy atom. The molecule has 0 aliphatic heterocycles. The van der Waals surface area contributed by atoms with Crippen LogP contribution in [0.25, 0.3) is 0 Å². The van der Waals surface area contributed by atoms with Gasteiger partial charge in [-0.2, -0.15) is 0 Å². The molecule has 1 aromatic rings. The van der Waals surface area contributed by atoms with E-state index in [1.54, 1.807) is 0 Å². The Bertz CT molecular complexity index is 385. The third-order valence-corrected chi connectivity index (χ3v) is 3.47. The van der Waals surface area contributed by atoms with E-state index in [9.17, 15) is 4.79 Å². The summed E-state index contributed by atoms with van der Waals surface area (Å²) in [5.41, 5.74) is 0.690. The molecule has 1 aromatic carbocycles. The first-order chi connectivity index (χ1) is 7.06. The van der Waals surface area contributed by atoms with Crippen molar-refractivity contribution in [1.29, 1.82) is 0 Å². The minimum absolute atomic E-state index is 0.00588. The molecule has 1 aliphatic carbocycles. The maximum absolute atomic E-state index is 11.8. The van der Waals surface area contributed by atoms with Gasteiger partial charge in [0.05, 0.1) is 0 Å². The summed E-state index contributed by atoms with van der Waals surface area (Å²) >= 11 is 6.73. The summed E-state index contributed by atoms with van der Waals surface area (Å²) in [6.45, 7) is 2.14. The highest BCUT2D eigenvalue weighted by Gasteiger charge is 2.33. The highest BCUT2D eigenvalue weighted by Crippen LogP contribution is 2.29. The average molecular weight is 333 g/mol. The average Bonchev–Trinajstić information content (AvgIpc) is 2.79. The third-order valence-electron chi connectivity index (χ3n) is 2.55. The topological polar surface area (TPSA) is 29.1 Å². The van der Waals surface area contributed by atoms with Gasteiger partial charge < -0.3 is 5.32 Å². The van der Waals surface area contributed by atoms with Crippen LogP contribution in [0.2, 0.25) is 0 Å². The molecule has 1 fully saturated rings. The molecule has 1 aliphatic rings. The SMILES string of the molecule is CC1CC1NC(=O)c1cc(Br)cc(Br)c1. The molecule has 0 heterocycles. The number of hydrogen-bond donors (Lipinski definition) is 1. The van der Waals surface area contributed by atoms with Crippen molar-refractivity contribution >= 4 is 37.8 Å². The van der Waals surface area contributed by atoms with Gasteiger partial charge in [-0.3, -0.25) is 4.79 Å². The van der Waals surface area contributed by atoms with Crippen molar-refractivity contribution in [3.63, 3.8) is 0 Å². The number of benzene rings is 1. The van der Waals surface area contributed by atoms with E-state index in [-0.39, 0.29) is 5.91 Å². The van der Waals surface area contributed by atoms with Crippen molar-refractivity contribution in [1.82, 2.24) is 5.32 Å². The van der Waals surface area contributed by atoms with Crippen molar-refractivity contribution < 1.29 is 4.79 Å². The van der Waals surface area contributed by atoms with Gasteiger partial charge in [0.1, 0.15) is 0 Å². The van der Waals surface area contributed by atoms with Crippen LogP contribution in [0.1, 0.15) is 23.7 Å². The molecular weight excluding hydrogens is 322 g/mol. The molecular formula is C11H11Br2NO. The molecule has 0 spiro atoms. The third kappa shape index (κ3) is 2.82. The van der Waals surface area contributed by atoms with Crippen LogP contribution in [0.4, 0.5) is 0 Å². The molecule has 1 N–H and O–H groups in total. The molecule has 0 aromatic heterocycles. The molecule has 0 bridgehead atoms. The van der Waals surface area contributed by atoms with Crippen molar-refractivity contribution in [2.45, 2.75) is 19.4 Å². The Labute approximate surface area is 106 Å². The molecule has 80 valence electrons. The first-order valence-electron chi connectivity index (χ1n) is 4.83. The minimum Gasteiger partial charge on any atom is -0.349 e. The molecule has 2 atom stereocenters. The van der Waals surface area contributed by atoms with E-state index < -0.39 is 0 Å². The van der Waals surface area contributed by atoms with Crippen LogP contribution < -0.4 is 5.32 Å². The maximum Gasteiger partial charge on any atom is 0.251 e. The zero-order valence-corrected chi connectivity index (χ0v) is 11.4. The number of amides is 1. The highest BCUT2D eigenvalue weighted by atomic mass is 79.9. The van der Waals surface area contributed by atoms with E-state index in [0.717, 1.165) is 15.4 Å². The van der Waals surface area contributed by atoms with Gasteiger partial charge in [0.25, 0.3) is 5.91 Å². The quantitative estimate of drug-likeness (QED) is 0.884. The summed E-state index contributed by atoms with van der Waals surface area (Å²) in [6.07, 6.45) is 1.10. The lowest BCUT2D eigenvalue weighted by atomic mass is 10.2. The van der Waals surface area contributed by atoms with Crippen LogP contribution >= 0.6 is 31.9 Å². The summed E-state index contributed by atoms with van der Waals surface area (Å²) in [5.74, 6) is 0.635. The van der Waals surface area contributed by atoms with Crippen molar-refractivity contribution in [2.24, 2.45) is 5.92 Å². The summed E-state index contributed by atoms with van der Waals surface area (Å²) in [5, 5.41) is 2.99. The van der Waals surface area contributed by atoms with E-state index in [0.29, 0.717) is 17.5 Å². The predicted octanol–water partition coefficient (Wildman–Crippen LogP) is 3.35. The van der Waals surface area contributed by atoms with Crippen LogP contribution in [0, 0.1) is 5.92 Å². The Balaban J connectivity index is 2.11. The molecule has 1 amide bonds. The Morgan fingerprint density at radius 3 is 2.33 bits per heavy atom. The van der Waals surface area contributed by atoms with Crippen LogP contribution in [0.15, 0.2) is 27.1 Å². The lowest BCUT2D eigenvalue weighted by Crippen LogP contribution is -2.26. The van der Waals surface area contributed by atoms with Gasteiger partial charge in [0.2, 0.25) is 0 Å². The zero-order valence-electron chi connectivity index (χ0n) is 8.26. The first-order valence-corrected chi connectivity index (χ1v) is 6.42. The number of carbonyl (C=O) groups excluding carboxylic acids is 1. The fraction of sp³-hybridized carbons (Fsp3) is 0.364. The van der Waals surface area contributed by atoms with E-state index in [1.165, 1.54) is 0 Å². The Kier molecular flexibility index (Phi) is 3.16. The number of nitrogens with one attached hydrogen (secondary N) is 1.